The number of nitrogens with zero attached hydrogens (tertiary/aromatic N) is 2. The van der Waals surface area contributed by atoms with E-state index in [1.807, 2.05) is 12.1 Å². The monoisotopic (exact) mass is 329 g/mol. The van der Waals surface area contributed by atoms with Crippen molar-refractivity contribution in [1.82, 2.24) is 14.9 Å². The van der Waals surface area contributed by atoms with Gasteiger partial charge in [-0.15, -0.1) is 0 Å². The van der Waals surface area contributed by atoms with Crippen LogP contribution in [0.2, 0.25) is 0 Å². The highest BCUT2D eigenvalue weighted by atomic mass is 16.5. The summed E-state index contributed by atoms with van der Waals surface area (Å²) in [4.78, 5) is 13.5. The number of amides is 1. The predicted octanol–water partition coefficient (Wildman–Crippen LogP) is 3.28. The first-order valence-corrected chi connectivity index (χ1v) is 8.61. The second-order valence-electron chi connectivity index (χ2n) is 5.92. The zero-order chi connectivity index (χ0) is 17.4. The maximum atomic E-state index is 11.0. The van der Waals surface area contributed by atoms with E-state index in [1.54, 1.807) is 11.6 Å². The summed E-state index contributed by atoms with van der Waals surface area (Å²) in [6, 6.07) is 8.20. The third kappa shape index (κ3) is 4.94. The van der Waals surface area contributed by atoms with E-state index in [0.29, 0.717) is 0 Å². The van der Waals surface area contributed by atoms with Gasteiger partial charge in [0.05, 0.1) is 0 Å². The fourth-order valence-corrected chi connectivity index (χ4v) is 2.79. The molecule has 1 aromatic carbocycles. The van der Waals surface area contributed by atoms with E-state index in [1.165, 1.54) is 24.4 Å². The number of likely N-dealkylation sites (N-methyl/N-ethyl adjacent to an activating group) is 1. The first-order chi connectivity index (χ1) is 11.7. The van der Waals surface area contributed by atoms with Gasteiger partial charge in [0, 0.05) is 36.3 Å². The highest BCUT2D eigenvalue weighted by Gasteiger charge is 2.05. The zero-order valence-electron chi connectivity index (χ0n) is 14.5. The summed E-state index contributed by atoms with van der Waals surface area (Å²) in [6.07, 6.45) is 7.59. The third-order valence-electron chi connectivity index (χ3n) is 4.26. The summed E-state index contributed by atoms with van der Waals surface area (Å²) in [6.45, 7) is 8.71. The molecule has 1 heterocycles. The largest absolute Gasteiger partial charge is 0.346 e. The Morgan fingerprint density at radius 2 is 2.12 bits per heavy atom. The number of unbranched alkanes of at least 4 members (excludes halogenated alkanes) is 1. The lowest BCUT2D eigenvalue weighted by Crippen LogP contribution is -2.28. The fourth-order valence-electron chi connectivity index (χ4n) is 2.79. The molecular formula is C19H27N3O2. The Bertz CT molecular complexity index is 691. The van der Waals surface area contributed by atoms with E-state index < -0.39 is 5.91 Å². The Morgan fingerprint density at radius 1 is 1.29 bits per heavy atom. The van der Waals surface area contributed by atoms with Gasteiger partial charge in [0.15, 0.2) is 0 Å². The van der Waals surface area contributed by atoms with Crippen molar-refractivity contribution in [3.05, 3.63) is 42.1 Å². The van der Waals surface area contributed by atoms with Crippen molar-refractivity contribution in [2.24, 2.45) is 0 Å². The summed E-state index contributed by atoms with van der Waals surface area (Å²) < 4.78 is 2.28. The summed E-state index contributed by atoms with van der Waals surface area (Å²) in [7, 11) is 0. The molecule has 0 aliphatic rings. The third-order valence-corrected chi connectivity index (χ3v) is 4.26. The van der Waals surface area contributed by atoms with Crippen molar-refractivity contribution in [3.8, 4) is 0 Å². The quantitative estimate of drug-likeness (QED) is 0.422. The van der Waals surface area contributed by atoms with Gasteiger partial charge in [-0.3, -0.25) is 10.0 Å². The Labute approximate surface area is 143 Å². The summed E-state index contributed by atoms with van der Waals surface area (Å²) >= 11 is 0. The number of hydroxylamine groups is 1. The van der Waals surface area contributed by atoms with Gasteiger partial charge in [-0.25, -0.2) is 5.48 Å². The molecule has 0 spiro atoms. The molecule has 0 fully saturated rings. The van der Waals surface area contributed by atoms with Gasteiger partial charge in [0.1, 0.15) is 0 Å². The van der Waals surface area contributed by atoms with Crippen LogP contribution < -0.4 is 5.48 Å². The maximum absolute atomic E-state index is 11.0. The molecule has 0 atom stereocenters. The molecule has 0 saturated heterocycles. The second kappa shape index (κ2) is 9.25. The van der Waals surface area contributed by atoms with Gasteiger partial charge >= 0.3 is 0 Å². The van der Waals surface area contributed by atoms with Crippen LogP contribution in [0.25, 0.3) is 17.0 Å². The Hall–Kier alpha value is -2.11. The molecule has 1 amide bonds. The zero-order valence-corrected chi connectivity index (χ0v) is 14.5. The van der Waals surface area contributed by atoms with Crippen molar-refractivity contribution in [3.63, 3.8) is 0 Å². The van der Waals surface area contributed by atoms with E-state index in [0.717, 1.165) is 37.1 Å². The Balaban J connectivity index is 2.05. The van der Waals surface area contributed by atoms with Crippen molar-refractivity contribution >= 4 is 22.9 Å². The summed E-state index contributed by atoms with van der Waals surface area (Å²) in [5.74, 6) is -0.528. The lowest BCUT2D eigenvalue weighted by molar-refractivity contribution is -0.124. The average Bonchev–Trinajstić information content (AvgIpc) is 3.02. The van der Waals surface area contributed by atoms with Crippen LogP contribution in [0.1, 0.15) is 32.3 Å². The lowest BCUT2D eigenvalue weighted by Gasteiger charge is -2.20. The number of hydrogen-bond donors (Lipinski definition) is 2. The number of carbonyl (C=O) groups excluding carboxylic acids is 1. The number of carbonyl (C=O) groups is 1. The van der Waals surface area contributed by atoms with Gasteiger partial charge in [-0.1, -0.05) is 26.3 Å². The highest BCUT2D eigenvalue weighted by molar-refractivity contribution is 5.92. The van der Waals surface area contributed by atoms with Crippen LogP contribution in [0.15, 0.2) is 36.5 Å². The molecule has 2 N–H and O–H groups in total. The minimum Gasteiger partial charge on any atom is -0.346 e. The molecule has 0 saturated carbocycles. The van der Waals surface area contributed by atoms with Crippen LogP contribution >= 0.6 is 0 Å². The minimum absolute atomic E-state index is 0.528. The molecule has 2 aromatic rings. The van der Waals surface area contributed by atoms with Gasteiger partial charge in [-0.2, -0.15) is 0 Å². The molecule has 24 heavy (non-hydrogen) atoms. The second-order valence-corrected chi connectivity index (χ2v) is 5.92. The number of fused-ring (bicyclic) bond motifs is 1. The maximum Gasteiger partial charge on any atom is 0.267 e. The van der Waals surface area contributed by atoms with Crippen LogP contribution in [-0.2, 0) is 11.3 Å². The first-order valence-electron chi connectivity index (χ1n) is 8.61. The number of hydrogen-bond acceptors (Lipinski definition) is 3. The number of rotatable bonds is 9. The lowest BCUT2D eigenvalue weighted by atomic mass is 10.1. The molecule has 5 nitrogen and oxygen atoms in total. The molecule has 0 unspecified atom stereocenters. The Kier molecular flexibility index (Phi) is 7.03. The van der Waals surface area contributed by atoms with E-state index in [2.05, 4.69) is 41.6 Å². The van der Waals surface area contributed by atoms with Crippen molar-refractivity contribution in [2.75, 3.05) is 19.6 Å². The predicted molar refractivity (Wildman–Crippen MR) is 97.9 cm³/mol. The summed E-state index contributed by atoms with van der Waals surface area (Å²) in [5, 5.41) is 9.66. The van der Waals surface area contributed by atoms with Gasteiger partial charge in [0.2, 0.25) is 0 Å². The standard InChI is InChI=1S/C19H27N3O2/c1-3-5-11-21(4-2)13-14-22-12-10-17-15-16(6-8-18(17)22)7-9-19(23)20-24/h6-10,12,15,24H,3-5,11,13-14H2,1-2H3,(H,20,23)/b9-7+. The van der Waals surface area contributed by atoms with Crippen molar-refractivity contribution < 1.29 is 10.0 Å². The van der Waals surface area contributed by atoms with Crippen LogP contribution in [0.3, 0.4) is 0 Å². The summed E-state index contributed by atoms with van der Waals surface area (Å²) in [5.41, 5.74) is 3.72. The van der Waals surface area contributed by atoms with Gasteiger partial charge in [0.25, 0.3) is 5.91 Å². The van der Waals surface area contributed by atoms with E-state index in [9.17, 15) is 4.79 Å². The molecular weight excluding hydrogens is 302 g/mol. The number of benzene rings is 1. The number of aromatic nitrogens is 1. The molecule has 0 aliphatic carbocycles. The average molecular weight is 329 g/mol. The molecule has 2 rings (SSSR count). The molecule has 130 valence electrons. The van der Waals surface area contributed by atoms with Crippen LogP contribution in [-0.4, -0.2) is 40.2 Å². The highest BCUT2D eigenvalue weighted by Crippen LogP contribution is 2.18. The van der Waals surface area contributed by atoms with Gasteiger partial charge < -0.3 is 9.47 Å². The molecule has 0 bridgehead atoms. The van der Waals surface area contributed by atoms with Crippen molar-refractivity contribution in [1.29, 1.82) is 0 Å². The van der Waals surface area contributed by atoms with Crippen LogP contribution in [0.4, 0.5) is 0 Å². The molecule has 0 radical (unpaired) electrons. The van der Waals surface area contributed by atoms with Crippen LogP contribution in [0, 0.1) is 0 Å². The number of nitrogens with one attached hydrogen (secondary N) is 1. The van der Waals surface area contributed by atoms with Crippen LogP contribution in [0.5, 0.6) is 0 Å². The molecule has 5 heteroatoms. The van der Waals surface area contributed by atoms with E-state index in [-0.39, 0.29) is 0 Å². The molecule has 1 aromatic heterocycles. The van der Waals surface area contributed by atoms with E-state index >= 15 is 0 Å². The minimum atomic E-state index is -0.528. The normalized spacial score (nSPS) is 11.7. The molecule has 0 aliphatic heterocycles. The topological polar surface area (TPSA) is 57.5 Å². The first kappa shape index (κ1) is 18.2. The smallest absolute Gasteiger partial charge is 0.267 e. The fraction of sp³-hybridized carbons (Fsp3) is 0.421. The Morgan fingerprint density at radius 3 is 2.83 bits per heavy atom. The van der Waals surface area contributed by atoms with Crippen molar-refractivity contribution in [2.45, 2.75) is 33.2 Å². The van der Waals surface area contributed by atoms with Gasteiger partial charge in [-0.05, 0) is 49.3 Å². The van der Waals surface area contributed by atoms with E-state index in [4.69, 9.17) is 5.21 Å². The SMILES string of the molecule is CCCCN(CC)CCn1ccc2cc(/C=C/C(=O)NO)ccc21.